The SMILES string of the molecule is C=CCCCOC1(C)O[C@H]2O[C@@H](C(=O)OC)[C@@H](OC(C)=O)[C@H](OCc3ccccc3)[C@H]2O1. The normalized spacial score (nSPS) is 31.5. The molecule has 0 amide bonds. The second kappa shape index (κ2) is 11.0. The van der Waals surface area contributed by atoms with E-state index in [2.05, 4.69) is 6.58 Å². The van der Waals surface area contributed by atoms with Gasteiger partial charge in [-0.25, -0.2) is 4.79 Å². The number of benzene rings is 1. The maximum atomic E-state index is 12.4. The van der Waals surface area contributed by atoms with Gasteiger partial charge in [0.15, 0.2) is 18.5 Å². The molecule has 2 aliphatic heterocycles. The van der Waals surface area contributed by atoms with Crippen LogP contribution in [0.3, 0.4) is 0 Å². The summed E-state index contributed by atoms with van der Waals surface area (Å²) in [6, 6.07) is 9.46. The van der Waals surface area contributed by atoms with Gasteiger partial charge in [0.25, 0.3) is 5.97 Å². The summed E-state index contributed by atoms with van der Waals surface area (Å²) in [5, 5.41) is 0. The molecule has 0 radical (unpaired) electrons. The first kappa shape index (κ1) is 24.3. The van der Waals surface area contributed by atoms with Crippen LogP contribution in [0.15, 0.2) is 43.0 Å². The minimum atomic E-state index is -1.42. The second-order valence-electron chi connectivity index (χ2n) is 7.63. The molecule has 9 heteroatoms. The van der Waals surface area contributed by atoms with Crippen molar-refractivity contribution in [1.29, 1.82) is 0 Å². The number of esters is 2. The molecule has 0 N–H and O–H groups in total. The quantitative estimate of drug-likeness (QED) is 0.302. The van der Waals surface area contributed by atoms with E-state index in [-0.39, 0.29) is 6.61 Å². The number of carbonyl (C=O) groups excluding carboxylic acids is 2. The van der Waals surface area contributed by atoms with Crippen molar-refractivity contribution in [3.05, 3.63) is 48.6 Å². The largest absolute Gasteiger partial charge is 0.467 e. The lowest BCUT2D eigenvalue weighted by Crippen LogP contribution is -2.61. The lowest BCUT2D eigenvalue weighted by atomic mass is 9.98. The third-order valence-electron chi connectivity index (χ3n) is 5.11. The minimum Gasteiger partial charge on any atom is -0.467 e. The Labute approximate surface area is 187 Å². The molecule has 32 heavy (non-hydrogen) atoms. The van der Waals surface area contributed by atoms with Crippen LogP contribution in [0.25, 0.3) is 0 Å². The Morgan fingerprint density at radius 2 is 1.94 bits per heavy atom. The average molecular weight is 450 g/mol. The first-order chi connectivity index (χ1) is 15.4. The zero-order valence-electron chi connectivity index (χ0n) is 18.6. The zero-order valence-corrected chi connectivity index (χ0v) is 18.6. The van der Waals surface area contributed by atoms with Gasteiger partial charge in [-0.15, -0.1) is 6.58 Å². The Morgan fingerprint density at radius 3 is 2.59 bits per heavy atom. The molecule has 0 aromatic heterocycles. The van der Waals surface area contributed by atoms with Crippen molar-refractivity contribution in [3.8, 4) is 0 Å². The summed E-state index contributed by atoms with van der Waals surface area (Å²) >= 11 is 0. The van der Waals surface area contributed by atoms with E-state index >= 15 is 0 Å². The topological polar surface area (TPSA) is 98.8 Å². The lowest BCUT2D eigenvalue weighted by molar-refractivity contribution is -0.343. The summed E-state index contributed by atoms with van der Waals surface area (Å²) in [7, 11) is 1.22. The molecule has 2 saturated heterocycles. The van der Waals surface area contributed by atoms with Crippen LogP contribution in [-0.4, -0.2) is 62.3 Å². The summed E-state index contributed by atoms with van der Waals surface area (Å²) in [5.41, 5.74) is 0.897. The Morgan fingerprint density at radius 1 is 1.19 bits per heavy atom. The molecule has 0 aliphatic carbocycles. The Balaban J connectivity index is 1.83. The van der Waals surface area contributed by atoms with Crippen molar-refractivity contribution in [2.75, 3.05) is 13.7 Å². The summed E-state index contributed by atoms with van der Waals surface area (Å²) in [5.74, 6) is -2.73. The number of allylic oxidation sites excluding steroid dienone is 1. The standard InChI is InChI=1S/C23H30O9/c1-5-6-10-13-28-23(3)31-20-17(27-14-16-11-8-7-9-12-16)18(29-15(2)24)19(21(25)26-4)30-22(20)32-23/h5,7-9,11-12,17-20,22H,1,6,10,13-14H2,2-4H3/t17-,18-,19+,20+,22+,23?/m0/s1. The third kappa shape index (κ3) is 5.93. The van der Waals surface area contributed by atoms with Gasteiger partial charge in [0.2, 0.25) is 0 Å². The Bertz CT molecular complexity index is 783. The highest BCUT2D eigenvalue weighted by molar-refractivity contribution is 5.76. The molecule has 176 valence electrons. The zero-order chi connectivity index (χ0) is 23.1. The Hall–Kier alpha value is -2.30. The summed E-state index contributed by atoms with van der Waals surface area (Å²) in [6.45, 7) is 7.11. The molecule has 0 spiro atoms. The smallest absolute Gasteiger partial charge is 0.339 e. The van der Waals surface area contributed by atoms with Gasteiger partial charge >= 0.3 is 11.9 Å². The molecule has 2 aliphatic rings. The van der Waals surface area contributed by atoms with Gasteiger partial charge in [0.05, 0.1) is 20.3 Å². The van der Waals surface area contributed by atoms with Crippen molar-refractivity contribution in [3.63, 3.8) is 0 Å². The van der Waals surface area contributed by atoms with Gasteiger partial charge in [0.1, 0.15) is 12.2 Å². The van der Waals surface area contributed by atoms with Crippen molar-refractivity contribution in [2.45, 2.75) is 70.0 Å². The lowest BCUT2D eigenvalue weighted by Gasteiger charge is -2.40. The van der Waals surface area contributed by atoms with Gasteiger partial charge in [-0.3, -0.25) is 9.53 Å². The molecule has 3 rings (SSSR count). The first-order valence-electron chi connectivity index (χ1n) is 10.5. The van der Waals surface area contributed by atoms with Gasteiger partial charge < -0.3 is 28.4 Å². The summed E-state index contributed by atoms with van der Waals surface area (Å²) in [6.07, 6.45) is -1.72. The van der Waals surface area contributed by atoms with E-state index in [9.17, 15) is 9.59 Å². The van der Waals surface area contributed by atoms with Crippen LogP contribution < -0.4 is 0 Å². The number of hydrogen-bond donors (Lipinski definition) is 0. The predicted molar refractivity (Wildman–Crippen MR) is 111 cm³/mol. The number of unbranched alkanes of at least 4 members (excludes halogenated alkanes) is 1. The maximum absolute atomic E-state index is 12.4. The van der Waals surface area contributed by atoms with Gasteiger partial charge in [0, 0.05) is 13.8 Å². The van der Waals surface area contributed by atoms with Crippen LogP contribution in [0.5, 0.6) is 0 Å². The van der Waals surface area contributed by atoms with Crippen LogP contribution in [0.2, 0.25) is 0 Å². The number of carbonyl (C=O) groups is 2. The van der Waals surface area contributed by atoms with Gasteiger partial charge in [-0.2, -0.15) is 0 Å². The number of methoxy groups -OCH3 is 1. The van der Waals surface area contributed by atoms with Crippen LogP contribution in [0.4, 0.5) is 0 Å². The molecule has 0 bridgehead atoms. The third-order valence-corrected chi connectivity index (χ3v) is 5.11. The van der Waals surface area contributed by atoms with E-state index in [0.717, 1.165) is 18.4 Å². The highest BCUT2D eigenvalue weighted by Gasteiger charge is 2.60. The van der Waals surface area contributed by atoms with E-state index < -0.39 is 48.6 Å². The van der Waals surface area contributed by atoms with Crippen LogP contribution in [-0.2, 0) is 49.4 Å². The molecule has 0 saturated carbocycles. The van der Waals surface area contributed by atoms with E-state index in [0.29, 0.717) is 6.61 Å². The first-order valence-corrected chi connectivity index (χ1v) is 10.5. The number of fused-ring (bicyclic) bond motifs is 1. The van der Waals surface area contributed by atoms with E-state index in [1.54, 1.807) is 13.0 Å². The molecule has 9 nitrogen and oxygen atoms in total. The summed E-state index contributed by atoms with van der Waals surface area (Å²) < 4.78 is 39.9. The molecule has 6 atom stereocenters. The average Bonchev–Trinajstić information content (AvgIpc) is 3.11. The molecule has 1 aromatic rings. The number of rotatable bonds is 10. The highest BCUT2D eigenvalue weighted by Crippen LogP contribution is 2.40. The number of hydrogen-bond acceptors (Lipinski definition) is 9. The predicted octanol–water partition coefficient (Wildman–Crippen LogP) is 2.47. The number of ether oxygens (including phenoxy) is 7. The monoisotopic (exact) mass is 450 g/mol. The second-order valence-corrected chi connectivity index (χ2v) is 7.63. The Kier molecular flexibility index (Phi) is 8.38. The van der Waals surface area contributed by atoms with Crippen LogP contribution in [0.1, 0.15) is 32.3 Å². The van der Waals surface area contributed by atoms with E-state index in [1.807, 2.05) is 30.3 Å². The van der Waals surface area contributed by atoms with Crippen molar-refractivity contribution in [2.24, 2.45) is 0 Å². The molecule has 1 aromatic carbocycles. The fourth-order valence-electron chi connectivity index (χ4n) is 3.65. The fraction of sp³-hybridized carbons (Fsp3) is 0.565. The van der Waals surface area contributed by atoms with Gasteiger partial charge in [-0.1, -0.05) is 36.4 Å². The molecular formula is C23H30O9. The minimum absolute atomic E-state index is 0.195. The summed E-state index contributed by atoms with van der Waals surface area (Å²) in [4.78, 5) is 24.3. The van der Waals surface area contributed by atoms with Crippen molar-refractivity contribution in [1.82, 2.24) is 0 Å². The van der Waals surface area contributed by atoms with Crippen LogP contribution >= 0.6 is 0 Å². The molecule has 2 fully saturated rings. The fourth-order valence-corrected chi connectivity index (χ4v) is 3.65. The highest BCUT2D eigenvalue weighted by atomic mass is 16.9. The maximum Gasteiger partial charge on any atom is 0.339 e. The molecule has 1 unspecified atom stereocenters. The van der Waals surface area contributed by atoms with Crippen molar-refractivity contribution < 1.29 is 42.7 Å². The van der Waals surface area contributed by atoms with Crippen LogP contribution in [0, 0.1) is 0 Å². The van der Waals surface area contributed by atoms with E-state index in [1.165, 1.54) is 14.0 Å². The van der Waals surface area contributed by atoms with Gasteiger partial charge in [-0.05, 0) is 18.4 Å². The molecular weight excluding hydrogens is 420 g/mol. The van der Waals surface area contributed by atoms with Crippen molar-refractivity contribution >= 4 is 11.9 Å². The molecule has 2 heterocycles. The van der Waals surface area contributed by atoms with E-state index in [4.69, 9.17) is 33.2 Å².